The Morgan fingerprint density at radius 1 is 1.00 bits per heavy atom. The third-order valence-corrected chi connectivity index (χ3v) is 6.62. The lowest BCUT2D eigenvalue weighted by Crippen LogP contribution is -2.30. The van der Waals surface area contributed by atoms with Crippen LogP contribution in [0.4, 0.5) is 4.79 Å². The highest BCUT2D eigenvalue weighted by atomic mass is 35.5. The second kappa shape index (κ2) is 12.2. The molecule has 4 rings (SSSR count). The molecule has 8 heteroatoms. The Balaban J connectivity index is 1.61. The number of nitrogens with one attached hydrogen (secondary N) is 1. The van der Waals surface area contributed by atoms with Crippen molar-refractivity contribution in [2.75, 3.05) is 6.61 Å². The number of imide groups is 1. The number of hydrogen-bond donors (Lipinski definition) is 1. The number of carbonyl (C=O) groups excluding carboxylic acids is 2. The van der Waals surface area contributed by atoms with E-state index in [1.54, 1.807) is 30.4 Å². The smallest absolute Gasteiger partial charge is 0.329 e. The van der Waals surface area contributed by atoms with Crippen molar-refractivity contribution in [3.8, 4) is 11.5 Å². The number of aryl methyl sites for hydroxylation is 1. The zero-order valence-electron chi connectivity index (χ0n) is 21.2. The first kappa shape index (κ1) is 27.3. The van der Waals surface area contributed by atoms with Gasteiger partial charge in [0.1, 0.15) is 12.3 Å². The molecule has 1 saturated heterocycles. The number of allylic oxidation sites excluding steroid dienone is 1. The van der Waals surface area contributed by atoms with Crippen molar-refractivity contribution >= 4 is 41.2 Å². The van der Waals surface area contributed by atoms with Crippen molar-refractivity contribution in [3.63, 3.8) is 0 Å². The van der Waals surface area contributed by atoms with Gasteiger partial charge in [-0.15, -0.1) is 6.58 Å². The van der Waals surface area contributed by atoms with Gasteiger partial charge in [-0.05, 0) is 67.3 Å². The van der Waals surface area contributed by atoms with Gasteiger partial charge in [-0.3, -0.25) is 9.69 Å². The van der Waals surface area contributed by atoms with Crippen LogP contribution in [0, 0.1) is 6.92 Å². The van der Waals surface area contributed by atoms with Crippen LogP contribution < -0.4 is 14.8 Å². The fraction of sp³-hybridized carbons (Fsp3) is 0.200. The summed E-state index contributed by atoms with van der Waals surface area (Å²) in [5, 5.41) is 3.62. The molecule has 0 bridgehead atoms. The molecule has 1 aliphatic heterocycles. The van der Waals surface area contributed by atoms with Crippen molar-refractivity contribution in [2.45, 2.75) is 33.4 Å². The van der Waals surface area contributed by atoms with Crippen molar-refractivity contribution in [3.05, 3.63) is 111 Å². The molecule has 0 unspecified atom stereocenters. The van der Waals surface area contributed by atoms with E-state index in [1.165, 1.54) is 4.90 Å². The van der Waals surface area contributed by atoms with Crippen molar-refractivity contribution in [2.24, 2.45) is 0 Å². The summed E-state index contributed by atoms with van der Waals surface area (Å²) >= 11 is 12.2. The number of carbonyl (C=O) groups is 2. The number of halogens is 2. The second-order valence-electron chi connectivity index (χ2n) is 8.84. The summed E-state index contributed by atoms with van der Waals surface area (Å²) in [6, 6.07) is 16.3. The minimum atomic E-state index is -0.458. The monoisotopic (exact) mass is 550 g/mol. The Labute approximate surface area is 232 Å². The quantitative estimate of drug-likeness (QED) is 0.166. The maximum Gasteiger partial charge on any atom is 0.329 e. The number of ether oxygens (including phenoxy) is 2. The molecule has 1 heterocycles. The van der Waals surface area contributed by atoms with Crippen LogP contribution in [-0.4, -0.2) is 23.4 Å². The number of urea groups is 1. The van der Waals surface area contributed by atoms with Gasteiger partial charge < -0.3 is 14.8 Å². The largest absolute Gasteiger partial charge is 0.490 e. The van der Waals surface area contributed by atoms with Gasteiger partial charge in [0.25, 0.3) is 5.91 Å². The van der Waals surface area contributed by atoms with Crippen molar-refractivity contribution in [1.29, 1.82) is 0 Å². The minimum absolute atomic E-state index is 0.192. The molecule has 0 spiro atoms. The molecular weight excluding hydrogens is 523 g/mol. The zero-order valence-corrected chi connectivity index (χ0v) is 22.7. The van der Waals surface area contributed by atoms with E-state index in [9.17, 15) is 9.59 Å². The van der Waals surface area contributed by atoms with E-state index < -0.39 is 6.03 Å². The highest BCUT2D eigenvalue weighted by molar-refractivity contribution is 6.42. The van der Waals surface area contributed by atoms with Gasteiger partial charge in [0.05, 0.1) is 23.2 Å². The van der Waals surface area contributed by atoms with Crippen LogP contribution in [0.5, 0.6) is 11.5 Å². The SMILES string of the molecule is C=CCc1cc(/C=C2/NC(=O)N(Cc3cccc(C)c3)C2=O)cc(OCC)c1OCc1ccc(Cl)c(Cl)c1. The fourth-order valence-corrected chi connectivity index (χ4v) is 4.48. The number of rotatable bonds is 10. The number of benzene rings is 3. The van der Waals surface area contributed by atoms with Gasteiger partial charge in [0.2, 0.25) is 0 Å². The third-order valence-electron chi connectivity index (χ3n) is 5.88. The molecular formula is C30H28Cl2N2O4. The molecule has 3 amide bonds. The van der Waals surface area contributed by atoms with E-state index in [0.29, 0.717) is 40.1 Å². The molecule has 1 aliphatic rings. The third kappa shape index (κ3) is 6.39. The lowest BCUT2D eigenvalue weighted by atomic mass is 10.0. The average molecular weight is 551 g/mol. The van der Waals surface area contributed by atoms with Gasteiger partial charge in [0.15, 0.2) is 11.5 Å². The maximum atomic E-state index is 13.1. The summed E-state index contributed by atoms with van der Waals surface area (Å²) in [6.07, 6.45) is 3.92. The Hall–Kier alpha value is -3.74. The zero-order chi connectivity index (χ0) is 27.2. The van der Waals surface area contributed by atoms with E-state index >= 15 is 0 Å². The summed E-state index contributed by atoms with van der Waals surface area (Å²) < 4.78 is 12.1. The first-order chi connectivity index (χ1) is 18.3. The molecule has 0 atom stereocenters. The van der Waals surface area contributed by atoms with Crippen LogP contribution in [0.1, 0.15) is 34.7 Å². The molecule has 0 saturated carbocycles. The van der Waals surface area contributed by atoms with Gasteiger partial charge in [0, 0.05) is 5.56 Å². The summed E-state index contributed by atoms with van der Waals surface area (Å²) in [6.45, 7) is 8.57. The molecule has 6 nitrogen and oxygen atoms in total. The van der Waals surface area contributed by atoms with Gasteiger partial charge in [-0.1, -0.05) is 65.2 Å². The van der Waals surface area contributed by atoms with E-state index in [0.717, 1.165) is 22.3 Å². The van der Waals surface area contributed by atoms with Crippen LogP contribution >= 0.6 is 23.2 Å². The molecule has 0 aromatic heterocycles. The first-order valence-corrected chi connectivity index (χ1v) is 12.9. The van der Waals surface area contributed by atoms with E-state index in [-0.39, 0.29) is 24.8 Å². The maximum absolute atomic E-state index is 13.1. The van der Waals surface area contributed by atoms with E-state index in [1.807, 2.05) is 50.2 Å². The molecule has 38 heavy (non-hydrogen) atoms. The van der Waals surface area contributed by atoms with E-state index in [4.69, 9.17) is 32.7 Å². The molecule has 3 aromatic rings. The molecule has 0 radical (unpaired) electrons. The second-order valence-corrected chi connectivity index (χ2v) is 9.65. The van der Waals surface area contributed by atoms with Crippen molar-refractivity contribution < 1.29 is 19.1 Å². The van der Waals surface area contributed by atoms with Crippen molar-refractivity contribution in [1.82, 2.24) is 10.2 Å². The van der Waals surface area contributed by atoms with Gasteiger partial charge in [-0.2, -0.15) is 0 Å². The summed E-state index contributed by atoms with van der Waals surface area (Å²) in [4.78, 5) is 26.9. The average Bonchev–Trinajstić information content (AvgIpc) is 3.13. The molecule has 1 N–H and O–H groups in total. The number of nitrogens with zero attached hydrogens (tertiary/aromatic N) is 1. The standard InChI is InChI=1S/C30H28Cl2N2O4/c1-4-7-23-13-22(15-26-29(35)34(30(36)33-26)17-20-9-6-8-19(3)12-20)16-27(37-5-2)28(23)38-18-21-10-11-24(31)25(32)14-21/h4,6,8-16H,1,5,7,17-18H2,2-3H3,(H,33,36)/b26-15+. The predicted octanol–water partition coefficient (Wildman–Crippen LogP) is 7.10. The Morgan fingerprint density at radius 3 is 2.53 bits per heavy atom. The van der Waals surface area contributed by atoms with Crippen LogP contribution in [0.3, 0.4) is 0 Å². The highest BCUT2D eigenvalue weighted by Gasteiger charge is 2.33. The molecule has 3 aromatic carbocycles. The lowest BCUT2D eigenvalue weighted by molar-refractivity contribution is -0.123. The topological polar surface area (TPSA) is 67.9 Å². The Bertz CT molecular complexity index is 1420. The van der Waals surface area contributed by atoms with Crippen LogP contribution in [-0.2, 0) is 24.4 Å². The molecule has 0 aliphatic carbocycles. The fourth-order valence-electron chi connectivity index (χ4n) is 4.16. The molecule has 196 valence electrons. The Morgan fingerprint density at radius 2 is 1.82 bits per heavy atom. The predicted molar refractivity (Wildman–Crippen MR) is 151 cm³/mol. The summed E-state index contributed by atoms with van der Waals surface area (Å²) in [7, 11) is 0. The van der Waals surface area contributed by atoms with Crippen LogP contribution in [0.25, 0.3) is 6.08 Å². The first-order valence-electron chi connectivity index (χ1n) is 12.2. The van der Waals surface area contributed by atoms with Crippen LogP contribution in [0.2, 0.25) is 10.0 Å². The van der Waals surface area contributed by atoms with E-state index in [2.05, 4.69) is 11.9 Å². The van der Waals surface area contributed by atoms with Gasteiger partial charge in [-0.25, -0.2) is 4.79 Å². The summed E-state index contributed by atoms with van der Waals surface area (Å²) in [5.41, 5.74) is 4.50. The van der Waals surface area contributed by atoms with Crippen LogP contribution in [0.15, 0.2) is 72.9 Å². The molecule has 1 fully saturated rings. The lowest BCUT2D eigenvalue weighted by Gasteiger charge is -2.17. The Kier molecular flexibility index (Phi) is 8.77. The number of amides is 3. The number of hydrogen-bond acceptors (Lipinski definition) is 4. The normalized spacial score (nSPS) is 14.1. The highest BCUT2D eigenvalue weighted by Crippen LogP contribution is 2.36. The minimum Gasteiger partial charge on any atom is -0.490 e. The summed E-state index contributed by atoms with van der Waals surface area (Å²) in [5.74, 6) is 0.703. The van der Waals surface area contributed by atoms with Gasteiger partial charge >= 0.3 is 6.03 Å².